The van der Waals surface area contributed by atoms with E-state index in [1.807, 2.05) is 26.2 Å². The lowest BCUT2D eigenvalue weighted by atomic mass is 10.0. The molecule has 0 saturated heterocycles. The van der Waals surface area contributed by atoms with E-state index < -0.39 is 0 Å². The molecule has 4 heteroatoms. The molecule has 0 spiro atoms. The van der Waals surface area contributed by atoms with Gasteiger partial charge >= 0.3 is 0 Å². The molecule has 0 fully saturated rings. The number of hydrogen-bond donors (Lipinski definition) is 1. The zero-order chi connectivity index (χ0) is 10.6. The fraction of sp³-hybridized carbons (Fsp3) is 0.600. The molecule has 0 unspecified atom stereocenters. The van der Waals surface area contributed by atoms with Gasteiger partial charge in [0.05, 0.1) is 5.69 Å². The van der Waals surface area contributed by atoms with E-state index in [2.05, 4.69) is 10.3 Å². The van der Waals surface area contributed by atoms with Crippen molar-refractivity contribution in [1.29, 1.82) is 0 Å². The molecule has 0 aliphatic heterocycles. The van der Waals surface area contributed by atoms with Gasteiger partial charge in [-0.05, 0) is 19.8 Å². The summed E-state index contributed by atoms with van der Waals surface area (Å²) in [6, 6.07) is 0. The number of hydrogen-bond acceptors (Lipinski definition) is 3. The lowest BCUT2D eigenvalue weighted by molar-refractivity contribution is -0.120. The summed E-state index contributed by atoms with van der Waals surface area (Å²) in [5.74, 6) is 0.198. The minimum absolute atomic E-state index is 0.0874. The summed E-state index contributed by atoms with van der Waals surface area (Å²) in [5.41, 5.74) is 0.954. The zero-order valence-electron chi connectivity index (χ0n) is 8.83. The molecule has 0 atom stereocenters. The van der Waals surface area contributed by atoms with Gasteiger partial charge in [0, 0.05) is 11.3 Å². The highest BCUT2D eigenvalue weighted by Crippen LogP contribution is 2.17. The molecule has 0 aromatic carbocycles. The van der Waals surface area contributed by atoms with Gasteiger partial charge in [-0.1, -0.05) is 13.8 Å². The molecule has 1 aromatic heterocycles. The molecule has 1 rings (SSSR count). The van der Waals surface area contributed by atoms with Crippen LogP contribution in [-0.2, 0) is 4.79 Å². The molecule has 3 nitrogen and oxygen atoms in total. The first-order chi connectivity index (χ1) is 6.67. The lowest BCUT2D eigenvalue weighted by Gasteiger charge is -2.10. The maximum Gasteiger partial charge on any atom is 0.229 e. The summed E-state index contributed by atoms with van der Waals surface area (Å²) in [6.07, 6.45) is 1.76. The van der Waals surface area contributed by atoms with Crippen molar-refractivity contribution in [1.82, 2.24) is 4.98 Å². The summed E-state index contributed by atoms with van der Waals surface area (Å²) >= 11 is 1.47. The fourth-order valence-corrected chi connectivity index (χ4v) is 1.97. The summed E-state index contributed by atoms with van der Waals surface area (Å²) in [5, 5.41) is 5.47. The quantitative estimate of drug-likeness (QED) is 0.833. The Hall–Kier alpha value is -0.900. The van der Waals surface area contributed by atoms with Gasteiger partial charge in [0.15, 0.2) is 5.13 Å². The molecule has 1 heterocycles. The van der Waals surface area contributed by atoms with Crippen LogP contribution in [0.25, 0.3) is 0 Å². The van der Waals surface area contributed by atoms with Crippen LogP contribution in [0, 0.1) is 12.8 Å². The molecular weight excluding hydrogens is 196 g/mol. The first-order valence-electron chi connectivity index (χ1n) is 4.90. The van der Waals surface area contributed by atoms with Crippen molar-refractivity contribution in [3.05, 3.63) is 11.1 Å². The Labute approximate surface area is 88.6 Å². The second-order valence-corrected chi connectivity index (χ2v) is 4.15. The SMILES string of the molecule is CCC(CC)C(=O)Nc1nc(C)cs1. The topological polar surface area (TPSA) is 42.0 Å². The van der Waals surface area contributed by atoms with Gasteiger partial charge in [0.2, 0.25) is 5.91 Å². The first kappa shape index (κ1) is 11.2. The third-order valence-corrected chi connectivity index (χ3v) is 3.08. The molecule has 0 saturated carbocycles. The molecule has 1 amide bonds. The van der Waals surface area contributed by atoms with Gasteiger partial charge in [-0.25, -0.2) is 4.98 Å². The van der Waals surface area contributed by atoms with Crippen LogP contribution >= 0.6 is 11.3 Å². The monoisotopic (exact) mass is 212 g/mol. The third-order valence-electron chi connectivity index (χ3n) is 2.21. The predicted molar refractivity (Wildman–Crippen MR) is 59.6 cm³/mol. The van der Waals surface area contributed by atoms with E-state index in [0.29, 0.717) is 5.13 Å². The van der Waals surface area contributed by atoms with Crippen molar-refractivity contribution < 1.29 is 4.79 Å². The van der Waals surface area contributed by atoms with Crippen molar-refractivity contribution in [2.75, 3.05) is 5.32 Å². The van der Waals surface area contributed by atoms with Gasteiger partial charge in [-0.15, -0.1) is 11.3 Å². The number of nitrogens with one attached hydrogen (secondary N) is 1. The van der Waals surface area contributed by atoms with E-state index in [9.17, 15) is 4.79 Å². The van der Waals surface area contributed by atoms with Crippen LogP contribution in [0.3, 0.4) is 0 Å². The van der Waals surface area contributed by atoms with Gasteiger partial charge in [-0.2, -0.15) is 0 Å². The van der Waals surface area contributed by atoms with E-state index in [4.69, 9.17) is 0 Å². The van der Waals surface area contributed by atoms with Gasteiger partial charge in [-0.3, -0.25) is 4.79 Å². The zero-order valence-corrected chi connectivity index (χ0v) is 9.65. The Kier molecular flexibility index (Phi) is 4.07. The molecule has 1 N–H and O–H groups in total. The highest BCUT2D eigenvalue weighted by atomic mass is 32.1. The summed E-state index contributed by atoms with van der Waals surface area (Å²) < 4.78 is 0. The van der Waals surface area contributed by atoms with Crippen LogP contribution in [0.4, 0.5) is 5.13 Å². The fourth-order valence-electron chi connectivity index (χ4n) is 1.28. The number of amides is 1. The van der Waals surface area contributed by atoms with Crippen LogP contribution < -0.4 is 5.32 Å². The maximum atomic E-state index is 11.6. The molecule has 14 heavy (non-hydrogen) atoms. The Morgan fingerprint density at radius 1 is 1.57 bits per heavy atom. The number of aryl methyl sites for hydroxylation is 1. The Balaban J connectivity index is 2.56. The molecule has 0 radical (unpaired) electrons. The summed E-state index contributed by atoms with van der Waals surface area (Å²) in [6.45, 7) is 5.98. The van der Waals surface area contributed by atoms with E-state index in [1.165, 1.54) is 11.3 Å². The average Bonchev–Trinajstić information content (AvgIpc) is 2.53. The largest absolute Gasteiger partial charge is 0.302 e. The highest BCUT2D eigenvalue weighted by molar-refractivity contribution is 7.13. The summed E-state index contributed by atoms with van der Waals surface area (Å²) in [7, 11) is 0. The molecule has 0 bridgehead atoms. The van der Waals surface area contributed by atoms with Crippen LogP contribution in [0.5, 0.6) is 0 Å². The first-order valence-corrected chi connectivity index (χ1v) is 5.78. The average molecular weight is 212 g/mol. The number of rotatable bonds is 4. The van der Waals surface area contributed by atoms with E-state index >= 15 is 0 Å². The number of aromatic nitrogens is 1. The van der Waals surface area contributed by atoms with Crippen LogP contribution in [0.15, 0.2) is 5.38 Å². The van der Waals surface area contributed by atoms with Crippen LogP contribution in [0.1, 0.15) is 32.4 Å². The van der Waals surface area contributed by atoms with Gasteiger partial charge < -0.3 is 5.32 Å². The van der Waals surface area contributed by atoms with E-state index in [0.717, 1.165) is 18.5 Å². The number of carbonyl (C=O) groups excluding carboxylic acids is 1. The Morgan fingerprint density at radius 3 is 2.64 bits per heavy atom. The smallest absolute Gasteiger partial charge is 0.229 e. The Bertz CT molecular complexity index is 305. The number of anilines is 1. The molecule has 78 valence electrons. The maximum absolute atomic E-state index is 11.6. The summed E-state index contributed by atoms with van der Waals surface area (Å²) in [4.78, 5) is 15.8. The second-order valence-electron chi connectivity index (χ2n) is 3.30. The molecule has 0 aliphatic rings. The predicted octanol–water partition coefficient (Wildman–Crippen LogP) is 2.83. The minimum atomic E-state index is 0.0874. The van der Waals surface area contributed by atoms with Crippen molar-refractivity contribution in [3.8, 4) is 0 Å². The lowest BCUT2D eigenvalue weighted by Crippen LogP contribution is -2.21. The normalized spacial score (nSPS) is 10.6. The van der Waals surface area contributed by atoms with Crippen molar-refractivity contribution in [2.24, 2.45) is 5.92 Å². The van der Waals surface area contributed by atoms with E-state index in [-0.39, 0.29) is 11.8 Å². The minimum Gasteiger partial charge on any atom is -0.302 e. The molecular formula is C10H16N2OS. The number of carbonyl (C=O) groups is 1. The highest BCUT2D eigenvalue weighted by Gasteiger charge is 2.14. The second kappa shape index (κ2) is 5.10. The Morgan fingerprint density at radius 2 is 2.21 bits per heavy atom. The van der Waals surface area contributed by atoms with Crippen molar-refractivity contribution in [3.63, 3.8) is 0 Å². The van der Waals surface area contributed by atoms with E-state index in [1.54, 1.807) is 0 Å². The molecule has 0 aliphatic carbocycles. The molecule has 1 aromatic rings. The number of nitrogens with zero attached hydrogens (tertiary/aromatic N) is 1. The van der Waals surface area contributed by atoms with Crippen molar-refractivity contribution in [2.45, 2.75) is 33.6 Å². The standard InChI is InChI=1S/C10H16N2OS/c1-4-8(5-2)9(13)12-10-11-7(3)6-14-10/h6,8H,4-5H2,1-3H3,(H,11,12,13). The van der Waals surface area contributed by atoms with Crippen LogP contribution in [-0.4, -0.2) is 10.9 Å². The van der Waals surface area contributed by atoms with Gasteiger partial charge in [0.25, 0.3) is 0 Å². The third kappa shape index (κ3) is 2.80. The van der Waals surface area contributed by atoms with Crippen molar-refractivity contribution >= 4 is 22.4 Å². The van der Waals surface area contributed by atoms with Crippen LogP contribution in [0.2, 0.25) is 0 Å². The van der Waals surface area contributed by atoms with Gasteiger partial charge in [0.1, 0.15) is 0 Å². The number of thiazole rings is 1.